The molecule has 38 heavy (non-hydrogen) atoms. The number of hydrogen-bond acceptors (Lipinski definition) is 4. The smallest absolute Gasteiger partial charge is 0.254 e. The van der Waals surface area contributed by atoms with E-state index in [0.717, 1.165) is 49.4 Å². The molecule has 2 atom stereocenters. The quantitative estimate of drug-likeness (QED) is 0.480. The number of methoxy groups -OCH3 is 1. The number of nitrogens with zero attached hydrogens (tertiary/aromatic N) is 3. The number of ether oxygens (including phenoxy) is 1. The highest BCUT2D eigenvalue weighted by Crippen LogP contribution is 2.48. The highest BCUT2D eigenvalue weighted by atomic mass is 16.5. The first-order chi connectivity index (χ1) is 18.5. The summed E-state index contributed by atoms with van der Waals surface area (Å²) >= 11 is 0. The number of amides is 2. The van der Waals surface area contributed by atoms with E-state index in [9.17, 15) is 9.59 Å². The number of rotatable bonds is 6. The molecule has 0 radical (unpaired) electrons. The molecule has 6 heteroatoms. The van der Waals surface area contributed by atoms with Crippen LogP contribution in [-0.4, -0.2) is 65.8 Å². The number of aryl methyl sites for hydroxylation is 1. The molecule has 2 aliphatic heterocycles. The van der Waals surface area contributed by atoms with Gasteiger partial charge in [0.15, 0.2) is 0 Å². The Bertz CT molecular complexity index is 1330. The Morgan fingerprint density at radius 1 is 0.921 bits per heavy atom. The molecular formula is C32H35N3O3. The molecule has 0 aromatic heterocycles. The molecule has 3 aromatic rings. The van der Waals surface area contributed by atoms with E-state index in [2.05, 4.69) is 36.1 Å². The third-order valence-electron chi connectivity index (χ3n) is 8.23. The van der Waals surface area contributed by atoms with E-state index < -0.39 is 5.92 Å². The van der Waals surface area contributed by atoms with Crippen molar-refractivity contribution in [3.8, 4) is 5.75 Å². The summed E-state index contributed by atoms with van der Waals surface area (Å²) < 4.78 is 5.53. The molecule has 0 N–H and O–H groups in total. The number of hydrogen-bond donors (Lipinski definition) is 0. The zero-order valence-corrected chi connectivity index (χ0v) is 22.2. The molecule has 6 nitrogen and oxygen atoms in total. The van der Waals surface area contributed by atoms with Gasteiger partial charge in [0, 0.05) is 44.3 Å². The maximum atomic E-state index is 14.4. The Balaban J connectivity index is 1.30. The summed E-state index contributed by atoms with van der Waals surface area (Å²) in [5.41, 5.74) is 5.02. The SMILES string of the molecule is COc1cccc([C@@H]2[C@H](C(=O)N3CCN(Cc4ccc(C)cc4)CC3)c3ccccc3C(=O)N2C2CC2)c1. The van der Waals surface area contributed by atoms with Crippen LogP contribution in [0.2, 0.25) is 0 Å². The van der Waals surface area contributed by atoms with E-state index in [1.807, 2.05) is 58.3 Å². The molecule has 1 saturated heterocycles. The maximum Gasteiger partial charge on any atom is 0.254 e. The third kappa shape index (κ3) is 4.69. The molecule has 196 valence electrons. The van der Waals surface area contributed by atoms with E-state index >= 15 is 0 Å². The maximum absolute atomic E-state index is 14.4. The van der Waals surface area contributed by atoms with E-state index in [-0.39, 0.29) is 23.9 Å². The van der Waals surface area contributed by atoms with Crippen LogP contribution in [0.25, 0.3) is 0 Å². The molecule has 2 amide bonds. The lowest BCUT2D eigenvalue weighted by Gasteiger charge is -2.45. The number of piperazine rings is 1. The van der Waals surface area contributed by atoms with Crippen LogP contribution in [0.15, 0.2) is 72.8 Å². The second-order valence-electron chi connectivity index (χ2n) is 10.8. The van der Waals surface area contributed by atoms with Gasteiger partial charge in [-0.25, -0.2) is 0 Å². The van der Waals surface area contributed by atoms with Gasteiger partial charge in [0.25, 0.3) is 5.91 Å². The monoisotopic (exact) mass is 509 g/mol. The van der Waals surface area contributed by atoms with Crippen LogP contribution in [0.5, 0.6) is 5.75 Å². The molecule has 2 heterocycles. The largest absolute Gasteiger partial charge is 0.497 e. The molecule has 0 unspecified atom stereocenters. The first-order valence-corrected chi connectivity index (χ1v) is 13.7. The van der Waals surface area contributed by atoms with Gasteiger partial charge in [0.2, 0.25) is 5.91 Å². The minimum atomic E-state index is -0.444. The average molecular weight is 510 g/mol. The van der Waals surface area contributed by atoms with Crippen molar-refractivity contribution in [2.75, 3.05) is 33.3 Å². The van der Waals surface area contributed by atoms with Crippen molar-refractivity contribution in [2.24, 2.45) is 0 Å². The Morgan fingerprint density at radius 2 is 1.66 bits per heavy atom. The summed E-state index contributed by atoms with van der Waals surface area (Å²) in [5.74, 6) is 0.432. The van der Waals surface area contributed by atoms with Gasteiger partial charge in [0.05, 0.1) is 19.1 Å². The van der Waals surface area contributed by atoms with Gasteiger partial charge in [-0.1, -0.05) is 60.2 Å². The molecule has 0 spiro atoms. The summed E-state index contributed by atoms with van der Waals surface area (Å²) in [6.45, 7) is 6.04. The van der Waals surface area contributed by atoms with Gasteiger partial charge in [-0.05, 0) is 54.7 Å². The van der Waals surface area contributed by atoms with Crippen molar-refractivity contribution in [1.82, 2.24) is 14.7 Å². The number of carbonyl (C=O) groups is 2. The van der Waals surface area contributed by atoms with Crippen molar-refractivity contribution < 1.29 is 14.3 Å². The van der Waals surface area contributed by atoms with Crippen molar-refractivity contribution >= 4 is 11.8 Å². The highest BCUT2D eigenvalue weighted by Gasteiger charge is 2.50. The summed E-state index contributed by atoms with van der Waals surface area (Å²) in [5, 5.41) is 0. The fourth-order valence-corrected chi connectivity index (χ4v) is 6.03. The van der Waals surface area contributed by atoms with Gasteiger partial charge < -0.3 is 14.5 Å². The summed E-state index contributed by atoms with van der Waals surface area (Å²) in [6, 6.07) is 24.1. The predicted octanol–water partition coefficient (Wildman–Crippen LogP) is 4.79. The first-order valence-electron chi connectivity index (χ1n) is 13.7. The summed E-state index contributed by atoms with van der Waals surface area (Å²) in [7, 11) is 1.65. The number of fused-ring (bicyclic) bond motifs is 1. The summed E-state index contributed by atoms with van der Waals surface area (Å²) in [6.07, 6.45) is 1.96. The van der Waals surface area contributed by atoms with Gasteiger partial charge in [-0.15, -0.1) is 0 Å². The molecule has 3 aliphatic rings. The highest BCUT2D eigenvalue weighted by molar-refractivity contribution is 6.01. The van der Waals surface area contributed by atoms with Crippen LogP contribution in [0.4, 0.5) is 0 Å². The Hall–Kier alpha value is -3.64. The van der Waals surface area contributed by atoms with Crippen molar-refractivity contribution in [3.63, 3.8) is 0 Å². The molecule has 0 bridgehead atoms. The normalized spacial score (nSPS) is 21.8. The zero-order chi connectivity index (χ0) is 26.2. The molecule has 2 fully saturated rings. The van der Waals surface area contributed by atoms with Crippen LogP contribution in [0.1, 0.15) is 57.4 Å². The Kier molecular flexibility index (Phi) is 6.66. The van der Waals surface area contributed by atoms with Gasteiger partial charge in [0.1, 0.15) is 5.75 Å². The van der Waals surface area contributed by atoms with Crippen LogP contribution >= 0.6 is 0 Å². The molecule has 3 aromatic carbocycles. The van der Waals surface area contributed by atoms with Gasteiger partial charge in [-0.3, -0.25) is 14.5 Å². The Morgan fingerprint density at radius 3 is 2.37 bits per heavy atom. The van der Waals surface area contributed by atoms with E-state index in [0.29, 0.717) is 18.7 Å². The van der Waals surface area contributed by atoms with Crippen molar-refractivity contribution in [1.29, 1.82) is 0 Å². The minimum absolute atomic E-state index is 0.0305. The Labute approximate surface area is 224 Å². The fraction of sp³-hybridized carbons (Fsp3) is 0.375. The van der Waals surface area contributed by atoms with Crippen LogP contribution in [0, 0.1) is 6.92 Å². The second kappa shape index (κ2) is 10.3. The van der Waals surface area contributed by atoms with Crippen LogP contribution in [0.3, 0.4) is 0 Å². The average Bonchev–Trinajstić information content (AvgIpc) is 3.80. The molecule has 1 saturated carbocycles. The number of carbonyl (C=O) groups excluding carboxylic acids is 2. The fourth-order valence-electron chi connectivity index (χ4n) is 6.03. The van der Waals surface area contributed by atoms with E-state index in [4.69, 9.17) is 4.74 Å². The van der Waals surface area contributed by atoms with Gasteiger partial charge >= 0.3 is 0 Å². The topological polar surface area (TPSA) is 53.1 Å². The number of benzene rings is 3. The summed E-state index contributed by atoms with van der Waals surface area (Å²) in [4.78, 5) is 34.6. The standard InChI is InChI=1S/C32H35N3O3/c1-22-10-12-23(13-11-22)21-33-16-18-34(19-17-33)32(37)29-27-8-3-4-9-28(27)31(36)35(25-14-15-25)30(29)24-6-5-7-26(20-24)38-2/h3-13,20,25,29-30H,14-19,21H2,1-2H3/t29-,30-/m1/s1. The van der Waals surface area contributed by atoms with E-state index in [1.54, 1.807) is 7.11 Å². The van der Waals surface area contributed by atoms with Crippen molar-refractivity contribution in [2.45, 2.75) is 44.3 Å². The lowest BCUT2D eigenvalue weighted by Crippen LogP contribution is -2.53. The first kappa shape index (κ1) is 24.7. The lowest BCUT2D eigenvalue weighted by molar-refractivity contribution is -0.136. The predicted molar refractivity (Wildman–Crippen MR) is 147 cm³/mol. The molecular weight excluding hydrogens is 474 g/mol. The van der Waals surface area contributed by atoms with Crippen molar-refractivity contribution in [3.05, 3.63) is 101 Å². The van der Waals surface area contributed by atoms with Crippen LogP contribution in [-0.2, 0) is 11.3 Å². The second-order valence-corrected chi connectivity index (χ2v) is 10.8. The minimum Gasteiger partial charge on any atom is -0.497 e. The third-order valence-corrected chi connectivity index (χ3v) is 8.23. The van der Waals surface area contributed by atoms with E-state index in [1.165, 1.54) is 11.1 Å². The molecule has 6 rings (SSSR count). The zero-order valence-electron chi connectivity index (χ0n) is 22.2. The van der Waals surface area contributed by atoms with Crippen LogP contribution < -0.4 is 4.74 Å². The van der Waals surface area contributed by atoms with Gasteiger partial charge in [-0.2, -0.15) is 0 Å². The molecule has 1 aliphatic carbocycles. The lowest BCUT2D eigenvalue weighted by atomic mass is 9.78.